The van der Waals surface area contributed by atoms with E-state index in [2.05, 4.69) is 15.4 Å². The smallest absolute Gasteiger partial charge is 0.275 e. The summed E-state index contributed by atoms with van der Waals surface area (Å²) in [5.41, 5.74) is 1.90. The summed E-state index contributed by atoms with van der Waals surface area (Å²) in [6.07, 6.45) is 0. The minimum atomic E-state index is -0.324. The Morgan fingerprint density at radius 3 is 2.83 bits per heavy atom. The van der Waals surface area contributed by atoms with E-state index in [1.165, 1.54) is 21.9 Å². The lowest BCUT2D eigenvalue weighted by Gasteiger charge is -2.07. The molecule has 0 aliphatic rings. The van der Waals surface area contributed by atoms with E-state index in [1.807, 2.05) is 43.3 Å². The molecular weight excluding hydrogens is 424 g/mol. The third-order valence-corrected chi connectivity index (χ3v) is 5.50. The summed E-state index contributed by atoms with van der Waals surface area (Å²) in [6.45, 7) is 1.94. The van der Waals surface area contributed by atoms with Gasteiger partial charge in [-0.15, -0.1) is 0 Å². The highest BCUT2D eigenvalue weighted by atomic mass is 35.5. The molecule has 1 amide bonds. The van der Waals surface area contributed by atoms with Crippen molar-refractivity contribution in [3.8, 4) is 16.3 Å². The van der Waals surface area contributed by atoms with Gasteiger partial charge in [0, 0.05) is 11.6 Å². The second kappa shape index (κ2) is 8.64. The number of hydrogen-bond acceptors (Lipinski definition) is 6. The number of fused-ring (bicyclic) bond motifs is 1. The van der Waals surface area contributed by atoms with Crippen LogP contribution in [0.1, 0.15) is 11.3 Å². The highest BCUT2D eigenvalue weighted by Gasteiger charge is 2.13. The van der Waals surface area contributed by atoms with Crippen molar-refractivity contribution >= 4 is 33.8 Å². The van der Waals surface area contributed by atoms with E-state index >= 15 is 0 Å². The van der Waals surface area contributed by atoms with Crippen LogP contribution in [0.4, 0.5) is 0 Å². The standard InChI is InChI=1S/C21H17ClN4O3S/c1-13-5-4-6-15(9-13)29-12-18(27)23-11-14-10-19(28)26-21(24-14)30-20(25-26)16-7-2-3-8-17(16)22/h2-10H,11-12H2,1H3,(H,23,27). The third-order valence-electron chi connectivity index (χ3n) is 4.23. The molecule has 9 heteroatoms. The number of hydrogen-bond donors (Lipinski definition) is 1. The molecule has 0 unspecified atom stereocenters. The fraction of sp³-hybridized carbons (Fsp3) is 0.143. The number of nitrogens with zero attached hydrogens (tertiary/aromatic N) is 3. The summed E-state index contributed by atoms with van der Waals surface area (Å²) in [7, 11) is 0. The molecule has 0 atom stereocenters. The van der Waals surface area contributed by atoms with Crippen LogP contribution in [0.2, 0.25) is 5.02 Å². The molecule has 0 radical (unpaired) electrons. The molecule has 1 N–H and O–H groups in total. The van der Waals surface area contributed by atoms with Crippen LogP contribution in [-0.2, 0) is 11.3 Å². The van der Waals surface area contributed by atoms with Crippen molar-refractivity contribution in [3.63, 3.8) is 0 Å². The molecule has 4 aromatic rings. The molecule has 0 aliphatic carbocycles. The average Bonchev–Trinajstić information content (AvgIpc) is 3.16. The van der Waals surface area contributed by atoms with Crippen LogP contribution in [0.15, 0.2) is 59.4 Å². The molecule has 7 nitrogen and oxygen atoms in total. The summed E-state index contributed by atoms with van der Waals surface area (Å²) in [5, 5.41) is 8.17. The Morgan fingerprint density at radius 2 is 2.03 bits per heavy atom. The average molecular weight is 441 g/mol. The fourth-order valence-corrected chi connectivity index (χ4v) is 4.03. The molecule has 0 saturated carbocycles. The van der Waals surface area contributed by atoms with Gasteiger partial charge in [0.2, 0.25) is 4.96 Å². The molecule has 152 valence electrons. The third kappa shape index (κ3) is 4.50. The SMILES string of the molecule is Cc1cccc(OCC(=O)NCc2cc(=O)n3nc(-c4ccccc4Cl)sc3n2)c1. The van der Waals surface area contributed by atoms with Crippen molar-refractivity contribution in [2.24, 2.45) is 0 Å². The minimum absolute atomic E-state index is 0.112. The number of rotatable bonds is 6. The van der Waals surface area contributed by atoms with Gasteiger partial charge in [-0.05, 0) is 30.7 Å². The Bertz CT molecular complexity index is 1280. The van der Waals surface area contributed by atoms with E-state index in [9.17, 15) is 9.59 Å². The predicted molar refractivity (Wildman–Crippen MR) is 116 cm³/mol. The van der Waals surface area contributed by atoms with Gasteiger partial charge in [-0.2, -0.15) is 9.61 Å². The first-order valence-corrected chi connectivity index (χ1v) is 10.3. The maximum Gasteiger partial charge on any atom is 0.275 e. The highest BCUT2D eigenvalue weighted by Crippen LogP contribution is 2.30. The number of carbonyl (C=O) groups is 1. The van der Waals surface area contributed by atoms with Crippen LogP contribution in [0.3, 0.4) is 0 Å². The van der Waals surface area contributed by atoms with Gasteiger partial charge in [0.05, 0.1) is 17.3 Å². The van der Waals surface area contributed by atoms with Crippen molar-refractivity contribution < 1.29 is 9.53 Å². The van der Waals surface area contributed by atoms with Crippen LogP contribution in [0, 0.1) is 6.92 Å². The summed E-state index contributed by atoms with van der Waals surface area (Å²) in [4.78, 5) is 29.4. The Kier molecular flexibility index (Phi) is 5.78. The molecule has 0 saturated heterocycles. The Balaban J connectivity index is 1.45. The molecule has 2 aromatic heterocycles. The lowest BCUT2D eigenvalue weighted by atomic mass is 10.2. The second-order valence-corrected chi connectivity index (χ2v) is 7.91. The van der Waals surface area contributed by atoms with Crippen molar-refractivity contribution in [1.29, 1.82) is 0 Å². The molecule has 4 rings (SSSR count). The molecular formula is C21H17ClN4O3S. The van der Waals surface area contributed by atoms with Gasteiger partial charge in [0.15, 0.2) is 6.61 Å². The first-order valence-electron chi connectivity index (χ1n) is 9.10. The maximum absolute atomic E-state index is 12.4. The Morgan fingerprint density at radius 1 is 1.20 bits per heavy atom. The second-order valence-electron chi connectivity index (χ2n) is 6.55. The first kappa shape index (κ1) is 20.1. The molecule has 2 heterocycles. The zero-order valence-corrected chi connectivity index (χ0v) is 17.5. The summed E-state index contributed by atoms with van der Waals surface area (Å²) in [6, 6.07) is 16.1. The zero-order chi connectivity index (χ0) is 21.1. The van der Waals surface area contributed by atoms with Gasteiger partial charge in [0.25, 0.3) is 11.5 Å². The van der Waals surface area contributed by atoms with E-state index in [4.69, 9.17) is 16.3 Å². The van der Waals surface area contributed by atoms with E-state index in [-0.39, 0.29) is 24.6 Å². The summed E-state index contributed by atoms with van der Waals surface area (Å²) in [5.74, 6) is 0.319. The van der Waals surface area contributed by atoms with E-state index in [0.717, 1.165) is 11.1 Å². The number of aryl methyl sites for hydroxylation is 1. The van der Waals surface area contributed by atoms with Gasteiger partial charge in [-0.1, -0.05) is 53.3 Å². The molecule has 0 spiro atoms. The number of aromatic nitrogens is 3. The Labute approximate surface area is 180 Å². The number of amides is 1. The topological polar surface area (TPSA) is 85.6 Å². The number of ether oxygens (including phenoxy) is 1. The number of carbonyl (C=O) groups excluding carboxylic acids is 1. The predicted octanol–water partition coefficient (Wildman–Crippen LogP) is 3.48. The molecule has 0 bridgehead atoms. The van der Waals surface area contributed by atoms with Crippen molar-refractivity contribution in [3.05, 3.63) is 81.2 Å². The lowest BCUT2D eigenvalue weighted by molar-refractivity contribution is -0.123. The lowest BCUT2D eigenvalue weighted by Crippen LogP contribution is -2.29. The van der Waals surface area contributed by atoms with E-state index < -0.39 is 0 Å². The van der Waals surface area contributed by atoms with Gasteiger partial charge in [-0.25, -0.2) is 4.98 Å². The van der Waals surface area contributed by atoms with E-state index in [0.29, 0.717) is 26.4 Å². The van der Waals surface area contributed by atoms with Crippen molar-refractivity contribution in [2.75, 3.05) is 6.61 Å². The summed E-state index contributed by atoms with van der Waals surface area (Å²) < 4.78 is 6.71. The van der Waals surface area contributed by atoms with Crippen LogP contribution >= 0.6 is 22.9 Å². The first-order chi connectivity index (χ1) is 14.5. The van der Waals surface area contributed by atoms with Crippen molar-refractivity contribution in [1.82, 2.24) is 19.9 Å². The van der Waals surface area contributed by atoms with Gasteiger partial charge in [-0.3, -0.25) is 9.59 Å². The van der Waals surface area contributed by atoms with Crippen LogP contribution in [0.25, 0.3) is 15.5 Å². The minimum Gasteiger partial charge on any atom is -0.484 e. The number of nitrogens with one attached hydrogen (secondary N) is 1. The van der Waals surface area contributed by atoms with E-state index in [1.54, 1.807) is 12.1 Å². The quantitative estimate of drug-likeness (QED) is 0.496. The fourth-order valence-electron chi connectivity index (χ4n) is 2.78. The molecule has 0 fully saturated rings. The Hall–Kier alpha value is -3.23. The van der Waals surface area contributed by atoms with Gasteiger partial charge >= 0.3 is 0 Å². The van der Waals surface area contributed by atoms with Crippen molar-refractivity contribution in [2.45, 2.75) is 13.5 Å². The number of benzene rings is 2. The monoisotopic (exact) mass is 440 g/mol. The molecule has 0 aliphatic heterocycles. The van der Waals surface area contributed by atoms with Gasteiger partial charge in [0.1, 0.15) is 10.8 Å². The normalized spacial score (nSPS) is 10.9. The van der Waals surface area contributed by atoms with Crippen LogP contribution < -0.4 is 15.6 Å². The van der Waals surface area contributed by atoms with Gasteiger partial charge < -0.3 is 10.1 Å². The van der Waals surface area contributed by atoms with Crippen LogP contribution in [-0.4, -0.2) is 27.1 Å². The maximum atomic E-state index is 12.4. The highest BCUT2D eigenvalue weighted by molar-refractivity contribution is 7.19. The largest absolute Gasteiger partial charge is 0.484 e. The van der Waals surface area contributed by atoms with Crippen LogP contribution in [0.5, 0.6) is 5.75 Å². The number of halogens is 1. The summed E-state index contributed by atoms with van der Waals surface area (Å²) >= 11 is 7.48. The molecule has 2 aromatic carbocycles. The molecule has 30 heavy (non-hydrogen) atoms. The zero-order valence-electron chi connectivity index (χ0n) is 16.0.